The van der Waals surface area contributed by atoms with Crippen LogP contribution < -0.4 is 16.0 Å². The number of likely N-dealkylation sites (N-methyl/N-ethyl adjacent to an activating group) is 1. The molecule has 144 valence electrons. The summed E-state index contributed by atoms with van der Waals surface area (Å²) < 4.78 is 0. The first-order valence-corrected chi connectivity index (χ1v) is 8.82. The zero-order valence-electron chi connectivity index (χ0n) is 15.5. The number of aromatic nitrogens is 2. The number of benzene rings is 1. The standard InChI is InChI=1S/C19H25N5O3/c1-13(18(26)20-2)23-19(27)16(10-15-11-21-12-22-15)24-17(25)9-8-14-6-4-3-5-7-14/h3-7,11-13,16H,8-10H2,1-2H3,(H,20,26)(H,21,22)(H,23,27)(H,24,25)/t13-,16-/m0/s1. The van der Waals surface area contributed by atoms with Crippen LogP contribution in [0.15, 0.2) is 42.9 Å². The molecule has 3 amide bonds. The molecular formula is C19H25N5O3. The van der Waals surface area contributed by atoms with Crippen molar-refractivity contribution in [3.63, 3.8) is 0 Å². The second-order valence-corrected chi connectivity index (χ2v) is 6.23. The van der Waals surface area contributed by atoms with E-state index in [0.29, 0.717) is 12.1 Å². The molecule has 0 bridgehead atoms. The molecule has 0 aliphatic heterocycles. The molecule has 1 aromatic carbocycles. The average Bonchev–Trinajstić information content (AvgIpc) is 3.19. The lowest BCUT2D eigenvalue weighted by Crippen LogP contribution is -2.53. The van der Waals surface area contributed by atoms with Gasteiger partial charge in [-0.05, 0) is 18.9 Å². The van der Waals surface area contributed by atoms with Crippen molar-refractivity contribution in [1.29, 1.82) is 0 Å². The zero-order chi connectivity index (χ0) is 19.6. The molecule has 4 N–H and O–H groups in total. The van der Waals surface area contributed by atoms with Gasteiger partial charge in [0, 0.05) is 31.8 Å². The summed E-state index contributed by atoms with van der Waals surface area (Å²) in [5.74, 6) is -0.959. The Bertz CT molecular complexity index is 746. The third-order valence-electron chi connectivity index (χ3n) is 4.11. The van der Waals surface area contributed by atoms with Crippen LogP contribution in [0.2, 0.25) is 0 Å². The molecule has 0 unspecified atom stereocenters. The van der Waals surface area contributed by atoms with Gasteiger partial charge in [-0.15, -0.1) is 0 Å². The van der Waals surface area contributed by atoms with E-state index in [1.54, 1.807) is 13.1 Å². The van der Waals surface area contributed by atoms with Crippen LogP contribution in [0.4, 0.5) is 0 Å². The number of aromatic amines is 1. The number of carbonyl (C=O) groups excluding carboxylic acids is 3. The van der Waals surface area contributed by atoms with E-state index in [4.69, 9.17) is 0 Å². The molecule has 0 spiro atoms. The molecule has 27 heavy (non-hydrogen) atoms. The molecule has 0 saturated heterocycles. The Balaban J connectivity index is 1.97. The second-order valence-electron chi connectivity index (χ2n) is 6.23. The van der Waals surface area contributed by atoms with Gasteiger partial charge in [-0.25, -0.2) is 4.98 Å². The Hall–Kier alpha value is -3.16. The van der Waals surface area contributed by atoms with Gasteiger partial charge in [-0.1, -0.05) is 30.3 Å². The predicted octanol–water partition coefficient (Wildman–Crippen LogP) is 0.321. The van der Waals surface area contributed by atoms with Crippen LogP contribution in [0.5, 0.6) is 0 Å². The Morgan fingerprint density at radius 3 is 2.48 bits per heavy atom. The van der Waals surface area contributed by atoms with E-state index in [1.165, 1.54) is 13.4 Å². The van der Waals surface area contributed by atoms with Crippen molar-refractivity contribution in [2.75, 3.05) is 7.05 Å². The molecule has 1 heterocycles. The summed E-state index contributed by atoms with van der Waals surface area (Å²) in [4.78, 5) is 43.4. The number of imidazole rings is 1. The van der Waals surface area contributed by atoms with E-state index < -0.39 is 18.0 Å². The Morgan fingerprint density at radius 2 is 1.85 bits per heavy atom. The van der Waals surface area contributed by atoms with Gasteiger partial charge in [-0.2, -0.15) is 0 Å². The van der Waals surface area contributed by atoms with E-state index in [2.05, 4.69) is 25.9 Å². The van der Waals surface area contributed by atoms with Gasteiger partial charge in [0.1, 0.15) is 12.1 Å². The number of nitrogens with zero attached hydrogens (tertiary/aromatic N) is 1. The van der Waals surface area contributed by atoms with E-state index in [0.717, 1.165) is 5.56 Å². The Kier molecular flexibility index (Phi) is 7.54. The highest BCUT2D eigenvalue weighted by atomic mass is 16.2. The SMILES string of the molecule is CNC(=O)[C@H](C)NC(=O)[C@H](Cc1cnc[nH]1)NC(=O)CCc1ccccc1. The van der Waals surface area contributed by atoms with Crippen LogP contribution in [-0.2, 0) is 27.2 Å². The van der Waals surface area contributed by atoms with Crippen molar-refractivity contribution >= 4 is 17.7 Å². The first kappa shape index (κ1) is 20.2. The molecule has 0 saturated carbocycles. The van der Waals surface area contributed by atoms with Crippen molar-refractivity contribution < 1.29 is 14.4 Å². The lowest BCUT2D eigenvalue weighted by atomic mass is 10.1. The normalized spacial score (nSPS) is 12.7. The maximum atomic E-state index is 12.6. The Morgan fingerprint density at radius 1 is 1.11 bits per heavy atom. The number of carbonyl (C=O) groups is 3. The van der Waals surface area contributed by atoms with Crippen molar-refractivity contribution in [3.8, 4) is 0 Å². The summed E-state index contributed by atoms with van der Waals surface area (Å²) in [6.45, 7) is 1.58. The third kappa shape index (κ3) is 6.58. The van der Waals surface area contributed by atoms with Gasteiger partial charge < -0.3 is 20.9 Å². The van der Waals surface area contributed by atoms with Gasteiger partial charge in [0.2, 0.25) is 17.7 Å². The number of rotatable bonds is 9. The molecule has 2 rings (SSSR count). The first-order chi connectivity index (χ1) is 13.0. The third-order valence-corrected chi connectivity index (χ3v) is 4.11. The number of amides is 3. The van der Waals surface area contributed by atoms with Crippen molar-refractivity contribution in [2.24, 2.45) is 0 Å². The predicted molar refractivity (Wildman–Crippen MR) is 101 cm³/mol. The molecular weight excluding hydrogens is 346 g/mol. The smallest absolute Gasteiger partial charge is 0.243 e. The van der Waals surface area contributed by atoms with Crippen molar-refractivity contribution in [2.45, 2.75) is 38.3 Å². The van der Waals surface area contributed by atoms with Crippen LogP contribution in [0.3, 0.4) is 0 Å². The fourth-order valence-corrected chi connectivity index (χ4v) is 2.59. The topological polar surface area (TPSA) is 116 Å². The maximum Gasteiger partial charge on any atom is 0.243 e. The molecule has 2 atom stereocenters. The molecule has 0 radical (unpaired) electrons. The van der Waals surface area contributed by atoms with E-state index in [1.807, 2.05) is 30.3 Å². The molecule has 0 aliphatic carbocycles. The lowest BCUT2D eigenvalue weighted by molar-refractivity contribution is -0.131. The highest BCUT2D eigenvalue weighted by Gasteiger charge is 2.24. The minimum absolute atomic E-state index is 0.230. The molecule has 0 fully saturated rings. The quantitative estimate of drug-likeness (QED) is 0.508. The number of hydrogen-bond acceptors (Lipinski definition) is 4. The van der Waals surface area contributed by atoms with Crippen LogP contribution in [0.25, 0.3) is 0 Å². The summed E-state index contributed by atoms with van der Waals surface area (Å²) in [6.07, 6.45) is 4.21. The first-order valence-electron chi connectivity index (χ1n) is 8.82. The molecule has 8 heteroatoms. The summed E-state index contributed by atoms with van der Waals surface area (Å²) in [6, 6.07) is 8.15. The summed E-state index contributed by atoms with van der Waals surface area (Å²) >= 11 is 0. The van der Waals surface area contributed by atoms with Crippen LogP contribution in [-0.4, -0.2) is 46.8 Å². The van der Waals surface area contributed by atoms with Gasteiger partial charge in [-0.3, -0.25) is 14.4 Å². The number of H-pyrrole nitrogens is 1. The van der Waals surface area contributed by atoms with Crippen LogP contribution in [0.1, 0.15) is 24.6 Å². The van der Waals surface area contributed by atoms with E-state index in [9.17, 15) is 14.4 Å². The molecule has 2 aromatic rings. The summed E-state index contributed by atoms with van der Waals surface area (Å²) in [7, 11) is 1.50. The van der Waals surface area contributed by atoms with E-state index >= 15 is 0 Å². The van der Waals surface area contributed by atoms with Gasteiger partial charge in [0.25, 0.3) is 0 Å². The fourth-order valence-electron chi connectivity index (χ4n) is 2.59. The van der Waals surface area contributed by atoms with Gasteiger partial charge >= 0.3 is 0 Å². The number of nitrogens with one attached hydrogen (secondary N) is 4. The highest BCUT2D eigenvalue weighted by Crippen LogP contribution is 2.04. The van der Waals surface area contributed by atoms with Crippen molar-refractivity contribution in [3.05, 3.63) is 54.1 Å². The van der Waals surface area contributed by atoms with E-state index in [-0.39, 0.29) is 24.7 Å². The molecule has 0 aliphatic rings. The zero-order valence-corrected chi connectivity index (χ0v) is 15.5. The second kappa shape index (κ2) is 10.1. The fraction of sp³-hybridized carbons (Fsp3) is 0.368. The Labute approximate surface area is 158 Å². The largest absolute Gasteiger partial charge is 0.357 e. The van der Waals surface area contributed by atoms with Gasteiger partial charge in [0.05, 0.1) is 6.33 Å². The maximum absolute atomic E-state index is 12.6. The lowest BCUT2D eigenvalue weighted by Gasteiger charge is -2.20. The minimum Gasteiger partial charge on any atom is -0.357 e. The molecule has 1 aromatic heterocycles. The van der Waals surface area contributed by atoms with Crippen LogP contribution >= 0.6 is 0 Å². The number of hydrogen-bond donors (Lipinski definition) is 4. The minimum atomic E-state index is -0.805. The summed E-state index contributed by atoms with van der Waals surface area (Å²) in [5, 5.41) is 7.86. The molecule has 8 nitrogen and oxygen atoms in total. The average molecular weight is 371 g/mol. The monoisotopic (exact) mass is 371 g/mol. The number of aryl methyl sites for hydroxylation is 1. The van der Waals surface area contributed by atoms with Crippen LogP contribution in [0, 0.1) is 0 Å². The van der Waals surface area contributed by atoms with Gasteiger partial charge in [0.15, 0.2) is 0 Å². The summed E-state index contributed by atoms with van der Waals surface area (Å²) in [5.41, 5.74) is 1.77. The highest BCUT2D eigenvalue weighted by molar-refractivity contribution is 5.92. The van der Waals surface area contributed by atoms with Crippen molar-refractivity contribution in [1.82, 2.24) is 25.9 Å².